The molecule has 2 fully saturated rings. The third kappa shape index (κ3) is 4.62. The first-order chi connectivity index (χ1) is 12.1. The Labute approximate surface area is 148 Å². The molecule has 1 aliphatic carbocycles. The molecule has 0 unspecified atom stereocenters. The first-order valence-electron chi connectivity index (χ1n) is 9.13. The zero-order valence-corrected chi connectivity index (χ0v) is 14.5. The van der Waals surface area contributed by atoms with Gasteiger partial charge >= 0.3 is 0 Å². The fourth-order valence-electron chi connectivity index (χ4n) is 3.99. The van der Waals surface area contributed by atoms with Crippen LogP contribution in [-0.4, -0.2) is 35.9 Å². The number of nitrogens with zero attached hydrogens (tertiary/aromatic N) is 1. The van der Waals surface area contributed by atoms with Crippen molar-refractivity contribution in [3.63, 3.8) is 0 Å². The van der Waals surface area contributed by atoms with E-state index in [-0.39, 0.29) is 12.5 Å². The lowest BCUT2D eigenvalue weighted by Gasteiger charge is -2.28. The summed E-state index contributed by atoms with van der Waals surface area (Å²) < 4.78 is 5.23. The lowest BCUT2D eigenvalue weighted by atomic mass is 9.96. The predicted octanol–water partition coefficient (Wildman–Crippen LogP) is 2.75. The van der Waals surface area contributed by atoms with Crippen LogP contribution in [0.2, 0.25) is 0 Å². The highest BCUT2D eigenvalue weighted by Crippen LogP contribution is 2.35. The van der Waals surface area contributed by atoms with Crippen LogP contribution >= 0.6 is 0 Å². The number of amides is 2. The van der Waals surface area contributed by atoms with E-state index in [2.05, 4.69) is 4.90 Å². The molecule has 5 heteroatoms. The van der Waals surface area contributed by atoms with Crippen molar-refractivity contribution in [2.75, 3.05) is 13.2 Å². The second-order valence-electron chi connectivity index (χ2n) is 6.94. The summed E-state index contributed by atoms with van der Waals surface area (Å²) in [5, 5.41) is 0. The van der Waals surface area contributed by atoms with E-state index in [9.17, 15) is 9.59 Å². The smallest absolute Gasteiger partial charge is 0.255 e. The van der Waals surface area contributed by atoms with E-state index in [4.69, 9.17) is 10.5 Å². The number of hydrogen-bond acceptors (Lipinski definition) is 3. The van der Waals surface area contributed by atoms with Gasteiger partial charge in [-0.3, -0.25) is 9.59 Å². The van der Waals surface area contributed by atoms with Gasteiger partial charge in [0.25, 0.3) is 5.91 Å². The highest BCUT2D eigenvalue weighted by molar-refractivity contribution is 5.92. The Balaban J connectivity index is 1.57. The van der Waals surface area contributed by atoms with Gasteiger partial charge in [-0.15, -0.1) is 0 Å². The minimum Gasteiger partial charge on any atom is -0.484 e. The summed E-state index contributed by atoms with van der Waals surface area (Å²) in [6, 6.07) is 7.69. The van der Waals surface area contributed by atoms with Gasteiger partial charge in [-0.05, 0) is 55.4 Å². The third-order valence-corrected chi connectivity index (χ3v) is 5.21. The summed E-state index contributed by atoms with van der Waals surface area (Å²) in [5.74, 6) is 0.894. The maximum atomic E-state index is 12.6. The second kappa shape index (κ2) is 8.19. The molecule has 0 spiro atoms. The van der Waals surface area contributed by atoms with Crippen LogP contribution in [0.3, 0.4) is 0 Å². The van der Waals surface area contributed by atoms with Crippen LogP contribution in [0.5, 0.6) is 5.75 Å². The summed E-state index contributed by atoms with van der Waals surface area (Å²) >= 11 is 0. The van der Waals surface area contributed by atoms with Gasteiger partial charge in [0.2, 0.25) is 5.91 Å². The molecule has 5 nitrogen and oxygen atoms in total. The summed E-state index contributed by atoms with van der Waals surface area (Å²) in [5.41, 5.74) is 5.98. The molecule has 0 radical (unpaired) electrons. The molecule has 1 saturated heterocycles. The number of ether oxygens (including phenoxy) is 1. The van der Waals surface area contributed by atoms with Crippen LogP contribution in [0.1, 0.15) is 44.1 Å². The molecule has 1 atom stereocenters. The minimum atomic E-state index is -0.503. The van der Waals surface area contributed by atoms with Crippen molar-refractivity contribution in [2.45, 2.75) is 44.6 Å². The second-order valence-corrected chi connectivity index (χ2v) is 6.94. The molecule has 25 heavy (non-hydrogen) atoms. The molecular weight excluding hydrogens is 316 g/mol. The van der Waals surface area contributed by atoms with E-state index in [1.54, 1.807) is 18.2 Å². The number of carbonyl (C=O) groups excluding carboxylic acids is 2. The molecule has 1 aromatic carbocycles. The van der Waals surface area contributed by atoms with Crippen molar-refractivity contribution in [3.8, 4) is 5.75 Å². The van der Waals surface area contributed by atoms with Gasteiger partial charge in [0, 0.05) is 18.7 Å². The highest BCUT2D eigenvalue weighted by Gasteiger charge is 2.34. The third-order valence-electron chi connectivity index (χ3n) is 5.21. The number of carbonyl (C=O) groups is 2. The molecule has 0 bridgehead atoms. The molecule has 1 aliphatic heterocycles. The summed E-state index contributed by atoms with van der Waals surface area (Å²) in [7, 11) is 0. The molecule has 2 N–H and O–H groups in total. The van der Waals surface area contributed by atoms with E-state index in [0.29, 0.717) is 17.7 Å². The molecule has 2 amide bonds. The van der Waals surface area contributed by atoms with Crippen molar-refractivity contribution in [1.29, 1.82) is 0 Å². The van der Waals surface area contributed by atoms with Gasteiger partial charge < -0.3 is 15.4 Å². The van der Waals surface area contributed by atoms with Gasteiger partial charge in [0.1, 0.15) is 5.75 Å². The summed E-state index contributed by atoms with van der Waals surface area (Å²) in [4.78, 5) is 25.4. The predicted molar refractivity (Wildman–Crippen MR) is 96.9 cm³/mol. The van der Waals surface area contributed by atoms with Crippen molar-refractivity contribution >= 4 is 17.9 Å². The SMILES string of the molecule is NC(=O)COc1ccc(/C=C\C(=O)N2CCC[C@H]2C2CCCC2)cc1. The van der Waals surface area contributed by atoms with E-state index < -0.39 is 5.91 Å². The number of rotatable bonds is 6. The van der Waals surface area contributed by atoms with Gasteiger partial charge in [-0.2, -0.15) is 0 Å². The van der Waals surface area contributed by atoms with Gasteiger partial charge in [0.05, 0.1) is 0 Å². The standard InChI is InChI=1S/C20H26N2O3/c21-19(23)14-25-17-10-7-15(8-11-17)9-12-20(24)22-13-3-6-18(22)16-4-1-2-5-16/h7-12,16,18H,1-6,13-14H2,(H2,21,23)/b12-9-/t18-/m0/s1. The summed E-state index contributed by atoms with van der Waals surface area (Å²) in [6.45, 7) is 0.745. The molecular formula is C20H26N2O3. The normalized spacial score (nSPS) is 21.1. The van der Waals surface area contributed by atoms with E-state index in [1.807, 2.05) is 18.2 Å². The molecule has 134 valence electrons. The van der Waals surface area contributed by atoms with Crippen LogP contribution in [0.4, 0.5) is 0 Å². The number of likely N-dealkylation sites (tertiary alicyclic amines) is 1. The molecule has 1 saturated carbocycles. The largest absolute Gasteiger partial charge is 0.484 e. The molecule has 1 heterocycles. The van der Waals surface area contributed by atoms with E-state index in [1.165, 1.54) is 25.7 Å². The average Bonchev–Trinajstić information content (AvgIpc) is 3.29. The van der Waals surface area contributed by atoms with Crippen LogP contribution in [-0.2, 0) is 9.59 Å². The molecule has 3 rings (SSSR count). The van der Waals surface area contributed by atoms with Crippen molar-refractivity contribution in [3.05, 3.63) is 35.9 Å². The quantitative estimate of drug-likeness (QED) is 0.808. The Morgan fingerprint density at radius 1 is 1.12 bits per heavy atom. The number of benzene rings is 1. The van der Waals surface area contributed by atoms with Gasteiger partial charge in [0.15, 0.2) is 6.61 Å². The Bertz CT molecular complexity index is 633. The van der Waals surface area contributed by atoms with Crippen molar-refractivity contribution in [2.24, 2.45) is 11.7 Å². The number of hydrogen-bond donors (Lipinski definition) is 1. The van der Waals surface area contributed by atoms with Crippen LogP contribution < -0.4 is 10.5 Å². The molecule has 0 aromatic heterocycles. The van der Waals surface area contributed by atoms with E-state index in [0.717, 1.165) is 24.9 Å². The monoisotopic (exact) mass is 342 g/mol. The number of primary amides is 1. The highest BCUT2D eigenvalue weighted by atomic mass is 16.5. The van der Waals surface area contributed by atoms with Crippen LogP contribution in [0.25, 0.3) is 6.08 Å². The zero-order chi connectivity index (χ0) is 17.6. The average molecular weight is 342 g/mol. The van der Waals surface area contributed by atoms with Gasteiger partial charge in [-0.25, -0.2) is 0 Å². The molecule has 1 aromatic rings. The topological polar surface area (TPSA) is 72.6 Å². The maximum absolute atomic E-state index is 12.6. The number of nitrogens with two attached hydrogens (primary N) is 1. The van der Waals surface area contributed by atoms with Crippen molar-refractivity contribution < 1.29 is 14.3 Å². The Hall–Kier alpha value is -2.30. The Morgan fingerprint density at radius 2 is 1.84 bits per heavy atom. The lowest BCUT2D eigenvalue weighted by molar-refractivity contribution is -0.127. The Morgan fingerprint density at radius 3 is 2.52 bits per heavy atom. The van der Waals surface area contributed by atoms with Crippen molar-refractivity contribution in [1.82, 2.24) is 4.90 Å². The first kappa shape index (κ1) is 17.5. The summed E-state index contributed by atoms with van der Waals surface area (Å²) in [6.07, 6.45) is 10.9. The van der Waals surface area contributed by atoms with Crippen LogP contribution in [0, 0.1) is 5.92 Å². The first-order valence-corrected chi connectivity index (χ1v) is 9.13. The van der Waals surface area contributed by atoms with Crippen LogP contribution in [0.15, 0.2) is 30.3 Å². The fourth-order valence-corrected chi connectivity index (χ4v) is 3.99. The fraction of sp³-hybridized carbons (Fsp3) is 0.500. The van der Waals surface area contributed by atoms with Gasteiger partial charge in [-0.1, -0.05) is 25.0 Å². The maximum Gasteiger partial charge on any atom is 0.255 e. The molecule has 2 aliphatic rings. The van der Waals surface area contributed by atoms with E-state index >= 15 is 0 Å². The Kier molecular flexibility index (Phi) is 5.74. The zero-order valence-electron chi connectivity index (χ0n) is 14.5. The lowest BCUT2D eigenvalue weighted by Crippen LogP contribution is -2.38. The minimum absolute atomic E-state index is 0.114.